The van der Waals surface area contributed by atoms with Crippen LogP contribution >= 0.6 is 46.6 Å². The van der Waals surface area contributed by atoms with Crippen molar-refractivity contribution in [3.05, 3.63) is 33.0 Å². The maximum atomic E-state index is 12.3. The second-order valence-corrected chi connectivity index (χ2v) is 7.83. The Morgan fingerprint density at radius 1 is 1.35 bits per heavy atom. The number of hydrogen-bond donors (Lipinski definition) is 2. The summed E-state index contributed by atoms with van der Waals surface area (Å²) in [6.45, 7) is 1.77. The Morgan fingerprint density at radius 2 is 2.00 bits per heavy atom. The van der Waals surface area contributed by atoms with Crippen LogP contribution in [0.2, 0.25) is 15.1 Å². The molecular formula is C14H13Cl3N4OS. The molecule has 122 valence electrons. The Morgan fingerprint density at radius 3 is 2.61 bits per heavy atom. The molecule has 1 aliphatic carbocycles. The molecule has 0 spiro atoms. The highest BCUT2D eigenvalue weighted by molar-refractivity contribution is 8.00. The fourth-order valence-corrected chi connectivity index (χ4v) is 3.59. The summed E-state index contributed by atoms with van der Waals surface area (Å²) in [6.07, 6.45) is 2.28. The van der Waals surface area contributed by atoms with Gasteiger partial charge in [-0.1, -0.05) is 46.6 Å². The Labute approximate surface area is 152 Å². The molecule has 1 aliphatic rings. The number of H-pyrrole nitrogens is 1. The molecule has 1 unspecified atom stereocenters. The first-order valence-corrected chi connectivity index (χ1v) is 8.99. The normalized spacial score (nSPS) is 15.5. The molecule has 2 N–H and O–H groups in total. The van der Waals surface area contributed by atoms with Crippen LogP contribution in [0.15, 0.2) is 17.3 Å². The van der Waals surface area contributed by atoms with Gasteiger partial charge in [-0.05, 0) is 31.9 Å². The third-order valence-corrected chi connectivity index (χ3v) is 5.13. The van der Waals surface area contributed by atoms with Crippen molar-refractivity contribution in [1.82, 2.24) is 15.2 Å². The van der Waals surface area contributed by atoms with Crippen molar-refractivity contribution >= 4 is 58.2 Å². The van der Waals surface area contributed by atoms with Gasteiger partial charge in [0.2, 0.25) is 11.1 Å². The molecule has 3 rings (SSSR count). The first-order chi connectivity index (χ1) is 10.9. The van der Waals surface area contributed by atoms with Gasteiger partial charge < -0.3 is 5.32 Å². The van der Waals surface area contributed by atoms with Crippen molar-refractivity contribution in [3.63, 3.8) is 0 Å². The van der Waals surface area contributed by atoms with Crippen LogP contribution in [0.4, 0.5) is 5.69 Å². The van der Waals surface area contributed by atoms with E-state index in [0.29, 0.717) is 31.8 Å². The number of benzene rings is 1. The predicted octanol–water partition coefficient (Wildman–Crippen LogP) is 4.76. The van der Waals surface area contributed by atoms with E-state index in [9.17, 15) is 4.79 Å². The van der Waals surface area contributed by atoms with Gasteiger partial charge in [-0.2, -0.15) is 0 Å². The Kier molecular flexibility index (Phi) is 5.06. The minimum atomic E-state index is -0.402. The van der Waals surface area contributed by atoms with Gasteiger partial charge in [-0.25, -0.2) is 4.98 Å². The molecule has 1 atom stereocenters. The minimum absolute atomic E-state index is 0.237. The highest BCUT2D eigenvalue weighted by Gasteiger charge is 2.28. The highest BCUT2D eigenvalue weighted by Crippen LogP contribution is 2.38. The topological polar surface area (TPSA) is 70.7 Å². The standard InChI is InChI=1S/C14H13Cl3N4OS/c1-6(23-14-19-12(20-21-14)7-2-3-7)13(22)18-11-9(16)4-8(15)5-10(11)17/h4-7H,2-3H2,1H3,(H,18,22)(H,19,20,21). The maximum Gasteiger partial charge on any atom is 0.237 e. The number of thioether (sulfide) groups is 1. The fraction of sp³-hybridized carbons (Fsp3) is 0.357. The van der Waals surface area contributed by atoms with Crippen LogP contribution in [-0.2, 0) is 4.79 Å². The number of nitrogens with zero attached hydrogens (tertiary/aromatic N) is 2. The number of rotatable bonds is 5. The summed E-state index contributed by atoms with van der Waals surface area (Å²) in [4.78, 5) is 16.7. The molecule has 1 amide bonds. The van der Waals surface area contributed by atoms with Crippen molar-refractivity contribution in [2.45, 2.75) is 36.1 Å². The molecule has 23 heavy (non-hydrogen) atoms. The molecule has 1 aromatic heterocycles. The monoisotopic (exact) mass is 390 g/mol. The van der Waals surface area contributed by atoms with Gasteiger partial charge >= 0.3 is 0 Å². The third-order valence-electron chi connectivity index (χ3n) is 3.35. The first-order valence-electron chi connectivity index (χ1n) is 6.98. The summed E-state index contributed by atoms with van der Waals surface area (Å²) in [5.74, 6) is 1.15. The van der Waals surface area contributed by atoms with E-state index in [0.717, 1.165) is 18.7 Å². The van der Waals surface area contributed by atoms with Crippen molar-refractivity contribution in [3.8, 4) is 0 Å². The molecule has 1 fully saturated rings. The summed E-state index contributed by atoms with van der Waals surface area (Å²) < 4.78 is 0. The van der Waals surface area contributed by atoms with Crippen molar-refractivity contribution < 1.29 is 4.79 Å². The Hall–Kier alpha value is -0.950. The van der Waals surface area contributed by atoms with E-state index in [-0.39, 0.29) is 5.91 Å². The average molecular weight is 392 g/mol. The molecule has 2 aromatic rings. The van der Waals surface area contributed by atoms with Crippen LogP contribution in [0.1, 0.15) is 31.5 Å². The summed E-state index contributed by atoms with van der Waals surface area (Å²) in [6, 6.07) is 3.05. The van der Waals surface area contributed by atoms with Gasteiger partial charge in [-0.3, -0.25) is 9.89 Å². The predicted molar refractivity (Wildman–Crippen MR) is 93.8 cm³/mol. The van der Waals surface area contributed by atoms with Gasteiger partial charge in [0, 0.05) is 10.9 Å². The van der Waals surface area contributed by atoms with Crippen LogP contribution in [0, 0.1) is 0 Å². The van der Waals surface area contributed by atoms with E-state index >= 15 is 0 Å². The zero-order valence-electron chi connectivity index (χ0n) is 12.1. The highest BCUT2D eigenvalue weighted by atomic mass is 35.5. The van der Waals surface area contributed by atoms with Gasteiger partial charge in [0.05, 0.1) is 21.0 Å². The van der Waals surface area contributed by atoms with E-state index in [2.05, 4.69) is 20.5 Å². The second-order valence-electron chi connectivity index (χ2n) is 5.27. The number of hydrogen-bond acceptors (Lipinski definition) is 4. The number of anilines is 1. The van der Waals surface area contributed by atoms with Gasteiger partial charge in [-0.15, -0.1) is 5.10 Å². The number of carbonyl (C=O) groups excluding carboxylic acids is 1. The summed E-state index contributed by atoms with van der Waals surface area (Å²) in [7, 11) is 0. The first kappa shape index (κ1) is 16.9. The molecule has 0 saturated heterocycles. The molecule has 9 heteroatoms. The Bertz CT molecular complexity index is 724. The molecule has 1 saturated carbocycles. The quantitative estimate of drug-likeness (QED) is 0.721. The number of nitrogens with one attached hydrogen (secondary N) is 2. The van der Waals surface area contributed by atoms with Crippen molar-refractivity contribution in [1.29, 1.82) is 0 Å². The summed E-state index contributed by atoms with van der Waals surface area (Å²) >= 11 is 19.3. The molecule has 0 radical (unpaired) electrons. The lowest BCUT2D eigenvalue weighted by atomic mass is 10.3. The lowest BCUT2D eigenvalue weighted by Crippen LogP contribution is -2.23. The lowest BCUT2D eigenvalue weighted by molar-refractivity contribution is -0.115. The number of carbonyl (C=O) groups is 1. The third kappa shape index (κ3) is 4.12. The van der Waals surface area contributed by atoms with E-state index < -0.39 is 5.25 Å². The van der Waals surface area contributed by atoms with Crippen molar-refractivity contribution in [2.24, 2.45) is 0 Å². The number of amides is 1. The smallest absolute Gasteiger partial charge is 0.237 e. The van der Waals surface area contributed by atoms with Crippen LogP contribution in [-0.4, -0.2) is 26.3 Å². The number of halogens is 3. The van der Waals surface area contributed by atoms with Gasteiger partial charge in [0.15, 0.2) is 0 Å². The molecule has 0 aliphatic heterocycles. The SMILES string of the molecule is CC(Sc1n[nH]c(C2CC2)n1)C(=O)Nc1c(Cl)cc(Cl)cc1Cl. The van der Waals surface area contributed by atoms with E-state index in [4.69, 9.17) is 34.8 Å². The zero-order chi connectivity index (χ0) is 16.6. The van der Waals surface area contributed by atoms with Crippen molar-refractivity contribution in [2.75, 3.05) is 5.32 Å². The average Bonchev–Trinajstić information content (AvgIpc) is 3.23. The molecular weight excluding hydrogens is 379 g/mol. The van der Waals surface area contributed by atoms with E-state index in [1.165, 1.54) is 23.9 Å². The minimum Gasteiger partial charge on any atom is -0.323 e. The molecule has 1 heterocycles. The summed E-state index contributed by atoms with van der Waals surface area (Å²) in [5, 5.41) is 10.9. The van der Waals surface area contributed by atoms with Crippen LogP contribution < -0.4 is 5.32 Å². The maximum absolute atomic E-state index is 12.3. The van der Waals surface area contributed by atoms with Crippen LogP contribution in [0.25, 0.3) is 0 Å². The largest absolute Gasteiger partial charge is 0.323 e. The van der Waals surface area contributed by atoms with E-state index in [1.807, 2.05) is 0 Å². The Balaban J connectivity index is 1.65. The summed E-state index contributed by atoms with van der Waals surface area (Å²) in [5.41, 5.74) is 0.351. The molecule has 5 nitrogen and oxygen atoms in total. The zero-order valence-corrected chi connectivity index (χ0v) is 15.2. The van der Waals surface area contributed by atoms with Crippen LogP contribution in [0.5, 0.6) is 0 Å². The lowest BCUT2D eigenvalue weighted by Gasteiger charge is -2.13. The number of aromatic nitrogens is 3. The molecule has 0 bridgehead atoms. The van der Waals surface area contributed by atoms with E-state index in [1.54, 1.807) is 6.92 Å². The van der Waals surface area contributed by atoms with Gasteiger partial charge in [0.25, 0.3) is 0 Å². The molecule has 1 aromatic carbocycles. The van der Waals surface area contributed by atoms with Crippen LogP contribution in [0.3, 0.4) is 0 Å². The number of aromatic amines is 1. The second kappa shape index (κ2) is 6.89. The van der Waals surface area contributed by atoms with Gasteiger partial charge in [0.1, 0.15) is 5.82 Å². The fourth-order valence-electron chi connectivity index (χ4n) is 1.95.